The fourth-order valence-corrected chi connectivity index (χ4v) is 2.30. The van der Waals surface area contributed by atoms with Crippen LogP contribution in [0.15, 0.2) is 54.7 Å². The highest BCUT2D eigenvalue weighted by Gasteiger charge is 2.08. The maximum Gasteiger partial charge on any atom is 0.122 e. The number of ether oxygens (including phenoxy) is 1. The second-order valence-electron chi connectivity index (χ2n) is 4.90. The lowest BCUT2D eigenvalue weighted by Gasteiger charge is -2.15. The van der Waals surface area contributed by atoms with Gasteiger partial charge < -0.3 is 9.72 Å². The lowest BCUT2D eigenvalue weighted by Crippen LogP contribution is -2.03. The summed E-state index contributed by atoms with van der Waals surface area (Å²) in [6.07, 6.45) is 1.99. The molecule has 3 rings (SSSR count). The molecule has 1 unspecified atom stereocenters. The Labute approximate surface area is 113 Å². The van der Waals surface area contributed by atoms with E-state index in [1.165, 1.54) is 16.5 Å². The van der Waals surface area contributed by atoms with Crippen LogP contribution in [0.5, 0.6) is 5.75 Å². The Morgan fingerprint density at radius 1 is 1.05 bits per heavy atom. The van der Waals surface area contributed by atoms with Crippen molar-refractivity contribution in [3.05, 3.63) is 65.9 Å². The molecular formula is C17H17NO. The third kappa shape index (κ3) is 2.48. The molecule has 0 aliphatic heterocycles. The van der Waals surface area contributed by atoms with E-state index in [0.717, 1.165) is 11.3 Å². The van der Waals surface area contributed by atoms with Crippen molar-refractivity contribution in [2.24, 2.45) is 0 Å². The first kappa shape index (κ1) is 11.8. The second kappa shape index (κ2) is 4.81. The quantitative estimate of drug-likeness (QED) is 0.722. The van der Waals surface area contributed by atoms with Crippen LogP contribution >= 0.6 is 0 Å². The zero-order chi connectivity index (χ0) is 13.2. The molecule has 2 heteroatoms. The maximum atomic E-state index is 6.01. The first-order chi connectivity index (χ1) is 9.22. The van der Waals surface area contributed by atoms with E-state index in [1.807, 2.05) is 18.3 Å². The Bertz CT molecular complexity index is 699. The van der Waals surface area contributed by atoms with Crippen LogP contribution in [0, 0.1) is 6.92 Å². The van der Waals surface area contributed by atoms with Crippen LogP contribution < -0.4 is 4.74 Å². The van der Waals surface area contributed by atoms with Crippen LogP contribution in [0.1, 0.15) is 24.2 Å². The second-order valence-corrected chi connectivity index (χ2v) is 4.90. The van der Waals surface area contributed by atoms with Gasteiger partial charge in [0, 0.05) is 17.8 Å². The summed E-state index contributed by atoms with van der Waals surface area (Å²) in [5, 5.41) is 1.20. The Morgan fingerprint density at radius 3 is 2.79 bits per heavy atom. The van der Waals surface area contributed by atoms with E-state index < -0.39 is 0 Å². The Morgan fingerprint density at radius 2 is 1.95 bits per heavy atom. The van der Waals surface area contributed by atoms with Gasteiger partial charge in [-0.25, -0.2) is 0 Å². The van der Waals surface area contributed by atoms with Gasteiger partial charge in [-0.1, -0.05) is 29.8 Å². The smallest absolute Gasteiger partial charge is 0.122 e. The topological polar surface area (TPSA) is 25.0 Å². The van der Waals surface area contributed by atoms with Crippen molar-refractivity contribution in [2.75, 3.05) is 0 Å². The SMILES string of the molecule is Cc1cccc(C(C)Oc2ccc3cc[nH]c3c2)c1. The molecule has 0 saturated heterocycles. The highest BCUT2D eigenvalue weighted by atomic mass is 16.5. The molecule has 0 radical (unpaired) electrons. The van der Waals surface area contributed by atoms with Gasteiger partial charge in [0.25, 0.3) is 0 Å². The average Bonchev–Trinajstić information content (AvgIpc) is 2.86. The van der Waals surface area contributed by atoms with E-state index >= 15 is 0 Å². The van der Waals surface area contributed by atoms with Gasteiger partial charge in [0.2, 0.25) is 0 Å². The van der Waals surface area contributed by atoms with Crippen LogP contribution in [0.3, 0.4) is 0 Å². The fraction of sp³-hybridized carbons (Fsp3) is 0.176. The van der Waals surface area contributed by atoms with Crippen LogP contribution in [-0.4, -0.2) is 4.98 Å². The number of benzene rings is 2. The molecule has 0 spiro atoms. The third-order valence-electron chi connectivity index (χ3n) is 3.35. The molecule has 1 atom stereocenters. The number of hydrogen-bond acceptors (Lipinski definition) is 1. The van der Waals surface area contributed by atoms with Crippen molar-refractivity contribution in [1.29, 1.82) is 0 Å². The standard InChI is InChI=1S/C17H17NO/c1-12-4-3-5-15(10-12)13(2)19-16-7-6-14-8-9-18-17(14)11-16/h3-11,13,18H,1-2H3. The van der Waals surface area contributed by atoms with Gasteiger partial charge in [-0.05, 0) is 43.0 Å². The summed E-state index contributed by atoms with van der Waals surface area (Å²) in [5.74, 6) is 0.893. The van der Waals surface area contributed by atoms with Crippen molar-refractivity contribution in [3.63, 3.8) is 0 Å². The monoisotopic (exact) mass is 251 g/mol. The van der Waals surface area contributed by atoms with E-state index in [1.54, 1.807) is 0 Å². The van der Waals surface area contributed by atoms with Crippen LogP contribution in [0.4, 0.5) is 0 Å². The van der Waals surface area contributed by atoms with Crippen LogP contribution in [0.2, 0.25) is 0 Å². The fourth-order valence-electron chi connectivity index (χ4n) is 2.30. The van der Waals surface area contributed by atoms with Crippen molar-refractivity contribution >= 4 is 10.9 Å². The Kier molecular flexibility index (Phi) is 3.00. The summed E-state index contributed by atoms with van der Waals surface area (Å²) in [6, 6.07) is 16.6. The molecule has 3 aromatic rings. The largest absolute Gasteiger partial charge is 0.486 e. The number of rotatable bonds is 3. The summed E-state index contributed by atoms with van der Waals surface area (Å²) in [4.78, 5) is 3.20. The van der Waals surface area contributed by atoms with Crippen LogP contribution in [-0.2, 0) is 0 Å². The van der Waals surface area contributed by atoms with E-state index in [4.69, 9.17) is 4.74 Å². The van der Waals surface area contributed by atoms with Crippen molar-refractivity contribution in [3.8, 4) is 5.75 Å². The van der Waals surface area contributed by atoms with E-state index in [-0.39, 0.29) is 6.10 Å². The molecule has 2 nitrogen and oxygen atoms in total. The molecule has 0 aliphatic rings. The average molecular weight is 251 g/mol. The molecule has 1 aromatic heterocycles. The van der Waals surface area contributed by atoms with Gasteiger partial charge in [-0.3, -0.25) is 0 Å². The minimum Gasteiger partial charge on any atom is -0.486 e. The minimum atomic E-state index is 0.0484. The van der Waals surface area contributed by atoms with Gasteiger partial charge >= 0.3 is 0 Å². The van der Waals surface area contributed by atoms with E-state index in [9.17, 15) is 0 Å². The first-order valence-electron chi connectivity index (χ1n) is 6.53. The number of aryl methyl sites for hydroxylation is 1. The lowest BCUT2D eigenvalue weighted by atomic mass is 10.1. The molecule has 0 amide bonds. The molecule has 96 valence electrons. The number of fused-ring (bicyclic) bond motifs is 1. The molecule has 0 saturated carbocycles. The predicted octanol–water partition coefficient (Wildman–Crippen LogP) is 4.62. The summed E-state index contributed by atoms with van der Waals surface area (Å²) in [5.41, 5.74) is 3.56. The van der Waals surface area contributed by atoms with Crippen molar-refractivity contribution < 1.29 is 4.74 Å². The predicted molar refractivity (Wildman–Crippen MR) is 78.5 cm³/mol. The highest BCUT2D eigenvalue weighted by molar-refractivity contribution is 5.80. The molecule has 19 heavy (non-hydrogen) atoms. The summed E-state index contributed by atoms with van der Waals surface area (Å²) in [6.45, 7) is 4.18. The summed E-state index contributed by atoms with van der Waals surface area (Å²) in [7, 11) is 0. The lowest BCUT2D eigenvalue weighted by molar-refractivity contribution is 0.227. The molecule has 1 heterocycles. The number of hydrogen-bond donors (Lipinski definition) is 1. The zero-order valence-corrected chi connectivity index (χ0v) is 11.2. The van der Waals surface area contributed by atoms with Crippen LogP contribution in [0.25, 0.3) is 10.9 Å². The van der Waals surface area contributed by atoms with Crippen molar-refractivity contribution in [2.45, 2.75) is 20.0 Å². The zero-order valence-electron chi connectivity index (χ0n) is 11.2. The number of aromatic nitrogens is 1. The molecule has 2 aromatic carbocycles. The highest BCUT2D eigenvalue weighted by Crippen LogP contribution is 2.25. The molecule has 0 bridgehead atoms. The minimum absolute atomic E-state index is 0.0484. The van der Waals surface area contributed by atoms with E-state index in [0.29, 0.717) is 0 Å². The molecule has 1 N–H and O–H groups in total. The number of H-pyrrole nitrogens is 1. The number of aromatic amines is 1. The van der Waals surface area contributed by atoms with Gasteiger partial charge in [-0.15, -0.1) is 0 Å². The van der Waals surface area contributed by atoms with Gasteiger partial charge in [-0.2, -0.15) is 0 Å². The Hall–Kier alpha value is -2.22. The molecule has 0 fully saturated rings. The van der Waals surface area contributed by atoms with Gasteiger partial charge in [0.1, 0.15) is 11.9 Å². The normalized spacial score (nSPS) is 12.5. The Balaban J connectivity index is 1.83. The third-order valence-corrected chi connectivity index (χ3v) is 3.35. The van der Waals surface area contributed by atoms with Gasteiger partial charge in [0.05, 0.1) is 0 Å². The molecular weight excluding hydrogens is 234 g/mol. The maximum absolute atomic E-state index is 6.01. The summed E-state index contributed by atoms with van der Waals surface area (Å²) >= 11 is 0. The number of nitrogens with one attached hydrogen (secondary N) is 1. The van der Waals surface area contributed by atoms with E-state index in [2.05, 4.69) is 55.2 Å². The summed E-state index contributed by atoms with van der Waals surface area (Å²) < 4.78 is 6.01. The first-order valence-corrected chi connectivity index (χ1v) is 6.53. The van der Waals surface area contributed by atoms with Gasteiger partial charge in [0.15, 0.2) is 0 Å². The van der Waals surface area contributed by atoms with Crippen molar-refractivity contribution in [1.82, 2.24) is 4.98 Å². The molecule has 0 aliphatic carbocycles.